The van der Waals surface area contributed by atoms with Crippen molar-refractivity contribution in [1.82, 2.24) is 4.90 Å². The number of hydrogen-bond donors (Lipinski definition) is 1. The number of nitrogens with zero attached hydrogens (tertiary/aromatic N) is 3. The molecular formula is C25H30N4O3S. The average Bonchev–Trinajstić information content (AvgIpc) is 3.17. The number of rotatable bonds is 5. The van der Waals surface area contributed by atoms with Crippen molar-refractivity contribution in [3.05, 3.63) is 53.6 Å². The molecule has 0 aromatic heterocycles. The van der Waals surface area contributed by atoms with Gasteiger partial charge in [-0.25, -0.2) is 9.79 Å². The van der Waals surface area contributed by atoms with E-state index < -0.39 is 5.66 Å². The van der Waals surface area contributed by atoms with E-state index in [1.807, 2.05) is 4.90 Å². The first kappa shape index (κ1) is 23.2. The number of urea groups is 1. The fourth-order valence-electron chi connectivity index (χ4n) is 4.07. The van der Waals surface area contributed by atoms with Crippen LogP contribution in [0.3, 0.4) is 0 Å². The number of piperidine rings is 1. The molecule has 33 heavy (non-hydrogen) atoms. The topological polar surface area (TPSA) is 75.5 Å². The molecule has 0 saturated carbocycles. The number of carbonyl (C=O) groups excluding carboxylic acids is 1. The summed E-state index contributed by atoms with van der Waals surface area (Å²) in [5.41, 5.74) is 3.49. The number of thioether (sulfide) groups is 1. The van der Waals surface area contributed by atoms with Crippen LogP contribution in [0.15, 0.2) is 52.4 Å². The number of aliphatic imine (C=N–C) groups is 2. The first-order valence-corrected chi connectivity index (χ1v) is 12.1. The van der Waals surface area contributed by atoms with E-state index in [0.29, 0.717) is 43.1 Å². The molecule has 2 amide bonds. The minimum atomic E-state index is -0.474. The van der Waals surface area contributed by atoms with Gasteiger partial charge >= 0.3 is 6.03 Å². The van der Waals surface area contributed by atoms with Crippen LogP contribution >= 0.6 is 11.8 Å². The number of carbonyl (C=O) groups is 1. The molecule has 2 aromatic rings. The van der Waals surface area contributed by atoms with E-state index in [9.17, 15) is 4.79 Å². The van der Waals surface area contributed by atoms with Crippen molar-refractivity contribution in [2.75, 3.05) is 38.4 Å². The predicted octanol–water partition coefficient (Wildman–Crippen LogP) is 4.99. The Kier molecular flexibility index (Phi) is 6.93. The van der Waals surface area contributed by atoms with Gasteiger partial charge in [0.15, 0.2) is 17.2 Å². The van der Waals surface area contributed by atoms with Gasteiger partial charge in [-0.1, -0.05) is 36.8 Å². The molecule has 1 N–H and O–H groups in total. The Morgan fingerprint density at radius 1 is 1.06 bits per heavy atom. The molecule has 1 fully saturated rings. The van der Waals surface area contributed by atoms with E-state index in [-0.39, 0.29) is 6.03 Å². The van der Waals surface area contributed by atoms with Gasteiger partial charge in [0.25, 0.3) is 0 Å². The number of aryl methyl sites for hydroxylation is 1. The third-order valence-electron chi connectivity index (χ3n) is 5.92. The summed E-state index contributed by atoms with van der Waals surface area (Å²) < 4.78 is 10.6. The lowest BCUT2D eigenvalue weighted by Gasteiger charge is -2.35. The van der Waals surface area contributed by atoms with Crippen LogP contribution in [0, 0.1) is 6.92 Å². The van der Waals surface area contributed by atoms with Crippen molar-refractivity contribution < 1.29 is 14.3 Å². The Balaban J connectivity index is 1.45. The SMILES string of the molecule is CCSC1=NC2(CCN(C(=O)Nc3ccc(OC)c(OC)c3)CC2)N=C1c1ccc(C)cc1. The van der Waals surface area contributed by atoms with Gasteiger partial charge in [-0.2, -0.15) is 0 Å². The highest BCUT2D eigenvalue weighted by Crippen LogP contribution is 2.36. The Labute approximate surface area is 199 Å². The van der Waals surface area contributed by atoms with Crippen molar-refractivity contribution in [2.45, 2.75) is 32.4 Å². The van der Waals surface area contributed by atoms with Crippen LogP contribution in [0.2, 0.25) is 0 Å². The Morgan fingerprint density at radius 3 is 2.39 bits per heavy atom. The highest BCUT2D eigenvalue weighted by atomic mass is 32.2. The molecule has 1 spiro atoms. The Morgan fingerprint density at radius 2 is 1.76 bits per heavy atom. The predicted molar refractivity (Wildman–Crippen MR) is 135 cm³/mol. The van der Waals surface area contributed by atoms with Gasteiger partial charge in [0.2, 0.25) is 0 Å². The van der Waals surface area contributed by atoms with Crippen LogP contribution in [0.25, 0.3) is 0 Å². The number of amides is 2. The number of nitrogens with one attached hydrogen (secondary N) is 1. The second-order valence-electron chi connectivity index (χ2n) is 8.15. The van der Waals surface area contributed by atoms with Crippen LogP contribution in [0.4, 0.5) is 10.5 Å². The molecule has 0 unspecified atom stereocenters. The molecule has 2 aliphatic heterocycles. The number of anilines is 1. The molecule has 0 atom stereocenters. The first-order chi connectivity index (χ1) is 16.0. The molecule has 2 aliphatic rings. The fraction of sp³-hybridized carbons (Fsp3) is 0.400. The Hall–Kier alpha value is -3.00. The molecule has 2 heterocycles. The summed E-state index contributed by atoms with van der Waals surface area (Å²) in [6, 6.07) is 13.7. The monoisotopic (exact) mass is 466 g/mol. The molecule has 1 saturated heterocycles. The van der Waals surface area contributed by atoms with E-state index >= 15 is 0 Å². The van der Waals surface area contributed by atoms with Crippen LogP contribution in [-0.2, 0) is 0 Å². The number of likely N-dealkylation sites (tertiary alicyclic amines) is 1. The molecule has 4 rings (SSSR count). The first-order valence-electron chi connectivity index (χ1n) is 11.1. The number of benzene rings is 2. The van der Waals surface area contributed by atoms with E-state index in [1.54, 1.807) is 44.2 Å². The lowest BCUT2D eigenvalue weighted by Crippen LogP contribution is -2.46. The molecule has 0 radical (unpaired) electrons. The van der Waals surface area contributed by atoms with E-state index in [2.05, 4.69) is 43.4 Å². The summed E-state index contributed by atoms with van der Waals surface area (Å²) in [7, 11) is 3.16. The lowest BCUT2D eigenvalue weighted by atomic mass is 9.98. The standard InChI is InChI=1S/C25H30N4O3S/c1-5-33-23-22(18-8-6-17(2)7-9-18)27-25(28-23)12-14-29(15-13-25)24(30)26-19-10-11-20(31-3)21(16-19)32-4/h6-11,16H,5,12-15H2,1-4H3,(H,26,30). The molecule has 8 heteroatoms. The van der Waals surface area contributed by atoms with Crippen LogP contribution in [-0.4, -0.2) is 60.4 Å². The maximum Gasteiger partial charge on any atom is 0.321 e. The summed E-state index contributed by atoms with van der Waals surface area (Å²) in [6.07, 6.45) is 1.41. The molecule has 0 aliphatic carbocycles. The summed E-state index contributed by atoms with van der Waals surface area (Å²) in [5.74, 6) is 2.14. The normalized spacial score (nSPS) is 16.9. The molecule has 0 bridgehead atoms. The van der Waals surface area contributed by atoms with Gasteiger partial charge in [-0.15, -0.1) is 11.8 Å². The summed E-state index contributed by atoms with van der Waals surface area (Å²) in [5, 5.41) is 3.97. The van der Waals surface area contributed by atoms with E-state index in [1.165, 1.54) is 5.56 Å². The zero-order valence-electron chi connectivity index (χ0n) is 19.6. The molecule has 174 valence electrons. The van der Waals surface area contributed by atoms with Gasteiger partial charge < -0.3 is 19.7 Å². The average molecular weight is 467 g/mol. The third-order valence-corrected chi connectivity index (χ3v) is 6.77. The smallest absolute Gasteiger partial charge is 0.321 e. The fourth-order valence-corrected chi connectivity index (χ4v) is 4.88. The van der Waals surface area contributed by atoms with Gasteiger partial charge in [0.1, 0.15) is 5.04 Å². The van der Waals surface area contributed by atoms with Crippen LogP contribution in [0.1, 0.15) is 30.9 Å². The largest absolute Gasteiger partial charge is 0.493 e. The van der Waals surface area contributed by atoms with Gasteiger partial charge in [0, 0.05) is 43.2 Å². The van der Waals surface area contributed by atoms with Gasteiger partial charge in [-0.05, 0) is 24.8 Å². The van der Waals surface area contributed by atoms with Crippen molar-refractivity contribution in [2.24, 2.45) is 9.98 Å². The van der Waals surface area contributed by atoms with Crippen LogP contribution < -0.4 is 14.8 Å². The van der Waals surface area contributed by atoms with Gasteiger partial charge in [0.05, 0.1) is 19.9 Å². The van der Waals surface area contributed by atoms with Crippen molar-refractivity contribution in [3.63, 3.8) is 0 Å². The quantitative estimate of drug-likeness (QED) is 0.674. The minimum Gasteiger partial charge on any atom is -0.493 e. The zero-order chi connectivity index (χ0) is 23.4. The third kappa shape index (κ3) is 5.00. The minimum absolute atomic E-state index is 0.134. The highest BCUT2D eigenvalue weighted by Gasteiger charge is 2.40. The lowest BCUT2D eigenvalue weighted by molar-refractivity contribution is 0.175. The summed E-state index contributed by atoms with van der Waals surface area (Å²) in [6.45, 7) is 5.40. The van der Waals surface area contributed by atoms with E-state index in [4.69, 9.17) is 19.5 Å². The van der Waals surface area contributed by atoms with Crippen molar-refractivity contribution >= 4 is 34.2 Å². The number of ether oxygens (including phenoxy) is 2. The number of hydrogen-bond acceptors (Lipinski definition) is 6. The molecular weight excluding hydrogens is 436 g/mol. The maximum absolute atomic E-state index is 12.9. The maximum atomic E-state index is 12.9. The molecule has 2 aromatic carbocycles. The summed E-state index contributed by atoms with van der Waals surface area (Å²) in [4.78, 5) is 24.9. The second kappa shape index (κ2) is 9.87. The summed E-state index contributed by atoms with van der Waals surface area (Å²) >= 11 is 1.73. The zero-order valence-corrected chi connectivity index (χ0v) is 20.4. The highest BCUT2D eigenvalue weighted by molar-refractivity contribution is 8.15. The van der Waals surface area contributed by atoms with E-state index in [0.717, 1.165) is 22.1 Å². The van der Waals surface area contributed by atoms with Crippen molar-refractivity contribution in [3.8, 4) is 11.5 Å². The molecule has 7 nitrogen and oxygen atoms in total. The number of methoxy groups -OCH3 is 2. The van der Waals surface area contributed by atoms with Crippen molar-refractivity contribution in [1.29, 1.82) is 0 Å². The van der Waals surface area contributed by atoms with Gasteiger partial charge in [-0.3, -0.25) is 4.99 Å². The second-order valence-corrected chi connectivity index (χ2v) is 9.40. The van der Waals surface area contributed by atoms with Crippen LogP contribution in [0.5, 0.6) is 11.5 Å². The Bertz CT molecular complexity index is 1070.